The zero-order chi connectivity index (χ0) is 25.4. The van der Waals surface area contributed by atoms with Crippen molar-refractivity contribution in [2.75, 3.05) is 6.54 Å². The maximum atomic E-state index is 14.1. The second-order valence-electron chi connectivity index (χ2n) is 8.26. The van der Waals surface area contributed by atoms with Crippen LogP contribution in [0.3, 0.4) is 0 Å². The van der Waals surface area contributed by atoms with Crippen molar-refractivity contribution in [2.45, 2.75) is 25.4 Å². The number of nitrogens with zero attached hydrogens (tertiary/aromatic N) is 3. The highest BCUT2D eigenvalue weighted by atomic mass is 32.1. The van der Waals surface area contributed by atoms with E-state index in [2.05, 4.69) is 25.0 Å². The van der Waals surface area contributed by atoms with Crippen molar-refractivity contribution in [2.24, 2.45) is 0 Å². The molecule has 12 heteroatoms. The molecule has 2 aromatic heterocycles. The Labute approximate surface area is 199 Å². The van der Waals surface area contributed by atoms with Gasteiger partial charge in [0.15, 0.2) is 0 Å². The summed E-state index contributed by atoms with van der Waals surface area (Å²) in [5.74, 6) is -3.93. The highest BCUT2D eigenvalue weighted by Gasteiger charge is 2.38. The van der Waals surface area contributed by atoms with E-state index in [0.29, 0.717) is 10.7 Å². The van der Waals surface area contributed by atoms with Gasteiger partial charge in [-0.15, -0.1) is 11.3 Å². The van der Waals surface area contributed by atoms with Gasteiger partial charge in [-0.05, 0) is 42.5 Å². The third-order valence-corrected chi connectivity index (χ3v) is 6.21. The molecule has 0 aliphatic rings. The first kappa shape index (κ1) is 24.5. The van der Waals surface area contributed by atoms with Gasteiger partial charge in [0, 0.05) is 34.0 Å². The number of carbonyl (C=O) groups excluding carboxylic acids is 1. The normalized spacial score (nSPS) is 12.1. The van der Waals surface area contributed by atoms with Crippen LogP contribution in [0.4, 0.5) is 22.0 Å². The number of hydrogen-bond donors (Lipinski definition) is 1. The molecule has 0 saturated heterocycles. The lowest BCUT2D eigenvalue weighted by molar-refractivity contribution is -0.159. The Hall–Kier alpha value is -3.67. The van der Waals surface area contributed by atoms with E-state index >= 15 is 0 Å². The smallest absolute Gasteiger partial charge is 0.351 e. The number of rotatable bonds is 6. The number of hydrogen-bond acceptors (Lipinski definition) is 6. The van der Waals surface area contributed by atoms with E-state index in [4.69, 9.17) is 0 Å². The van der Waals surface area contributed by atoms with E-state index in [1.165, 1.54) is 29.5 Å². The average molecular weight is 508 g/mol. The monoisotopic (exact) mass is 508 g/mol. The Bertz CT molecular complexity index is 1360. The number of benzene rings is 2. The van der Waals surface area contributed by atoms with E-state index in [0.717, 1.165) is 17.7 Å². The second kappa shape index (κ2) is 9.17. The fraction of sp³-hybridized carbons (Fsp3) is 0.217. The van der Waals surface area contributed by atoms with E-state index in [-0.39, 0.29) is 23.5 Å². The first-order chi connectivity index (χ1) is 16.4. The molecule has 1 N–H and O–H groups in total. The maximum absolute atomic E-state index is 14.1. The number of nitrogens with one attached hydrogen (secondary N) is 1. The number of aromatic nitrogens is 3. The predicted octanol–water partition coefficient (Wildman–Crippen LogP) is 5.86. The highest BCUT2D eigenvalue weighted by molar-refractivity contribution is 7.10. The Morgan fingerprint density at radius 3 is 2.37 bits per heavy atom. The molecule has 0 aliphatic carbocycles. The number of carbonyl (C=O) groups is 1. The molecule has 0 saturated carbocycles. The summed E-state index contributed by atoms with van der Waals surface area (Å²) < 4.78 is 69.6. The molecular weight excluding hydrogens is 491 g/mol. The van der Waals surface area contributed by atoms with Crippen molar-refractivity contribution in [1.29, 1.82) is 0 Å². The minimum atomic E-state index is -4.85. The third kappa shape index (κ3) is 5.53. The minimum Gasteiger partial charge on any atom is -0.351 e. The highest BCUT2D eigenvalue weighted by Crippen LogP contribution is 2.31. The van der Waals surface area contributed by atoms with Gasteiger partial charge in [-0.3, -0.25) is 4.79 Å². The van der Waals surface area contributed by atoms with Crippen LogP contribution in [0, 0.1) is 11.6 Å². The van der Waals surface area contributed by atoms with E-state index in [9.17, 15) is 26.7 Å². The van der Waals surface area contributed by atoms with Gasteiger partial charge in [-0.2, -0.15) is 18.2 Å². The van der Waals surface area contributed by atoms with E-state index in [1.807, 2.05) is 19.2 Å². The quantitative estimate of drug-likeness (QED) is 0.330. The second-order valence-corrected chi connectivity index (χ2v) is 9.12. The zero-order valence-corrected chi connectivity index (χ0v) is 19.1. The summed E-state index contributed by atoms with van der Waals surface area (Å²) in [6.07, 6.45) is -4.85. The van der Waals surface area contributed by atoms with Crippen LogP contribution < -0.4 is 5.32 Å². The first-order valence-electron chi connectivity index (χ1n) is 10.1. The van der Waals surface area contributed by atoms with Gasteiger partial charge in [-0.25, -0.2) is 13.8 Å². The molecule has 182 valence electrons. The van der Waals surface area contributed by atoms with Crippen molar-refractivity contribution in [3.05, 3.63) is 75.9 Å². The topological polar surface area (TPSA) is 80.9 Å². The molecular formula is C23H17F5N4O2S. The summed E-state index contributed by atoms with van der Waals surface area (Å²) in [7, 11) is 0. The van der Waals surface area contributed by atoms with Crippen LogP contribution in [0.1, 0.15) is 35.1 Å². The molecule has 0 radical (unpaired) electrons. The fourth-order valence-corrected chi connectivity index (χ4v) is 4.08. The van der Waals surface area contributed by atoms with Crippen molar-refractivity contribution in [3.8, 4) is 22.6 Å². The largest absolute Gasteiger partial charge is 0.471 e. The Morgan fingerprint density at radius 2 is 1.71 bits per heavy atom. The van der Waals surface area contributed by atoms with Crippen LogP contribution in [-0.2, 0) is 11.6 Å². The van der Waals surface area contributed by atoms with Crippen molar-refractivity contribution in [3.63, 3.8) is 0 Å². The molecule has 4 aromatic rings. The predicted molar refractivity (Wildman–Crippen MR) is 118 cm³/mol. The van der Waals surface area contributed by atoms with Crippen molar-refractivity contribution in [1.82, 2.24) is 20.4 Å². The van der Waals surface area contributed by atoms with Crippen LogP contribution >= 0.6 is 11.3 Å². The summed E-state index contributed by atoms with van der Waals surface area (Å²) in [6, 6.07) is 8.94. The summed E-state index contributed by atoms with van der Waals surface area (Å²) in [4.78, 5) is 20.5. The van der Waals surface area contributed by atoms with Crippen LogP contribution in [0.25, 0.3) is 22.6 Å². The molecule has 4 rings (SSSR count). The Morgan fingerprint density at radius 1 is 1.00 bits per heavy atom. The van der Waals surface area contributed by atoms with Crippen LogP contribution in [0.2, 0.25) is 0 Å². The summed E-state index contributed by atoms with van der Waals surface area (Å²) in [5, 5.41) is 8.45. The Kier molecular flexibility index (Phi) is 6.41. The van der Waals surface area contributed by atoms with Gasteiger partial charge < -0.3 is 9.84 Å². The molecule has 6 nitrogen and oxygen atoms in total. The lowest BCUT2D eigenvalue weighted by Crippen LogP contribution is -2.36. The maximum Gasteiger partial charge on any atom is 0.471 e. The summed E-state index contributed by atoms with van der Waals surface area (Å²) >= 11 is 1.37. The average Bonchev–Trinajstić information content (AvgIpc) is 3.48. The number of thiazole rings is 1. The molecule has 0 atom stereocenters. The summed E-state index contributed by atoms with van der Waals surface area (Å²) in [5.41, 5.74) is 0.538. The molecule has 2 aromatic carbocycles. The fourth-order valence-electron chi connectivity index (χ4n) is 3.12. The zero-order valence-electron chi connectivity index (χ0n) is 18.3. The van der Waals surface area contributed by atoms with Crippen LogP contribution in [0.15, 0.2) is 52.4 Å². The van der Waals surface area contributed by atoms with Gasteiger partial charge in [0.25, 0.3) is 5.91 Å². The molecule has 0 fully saturated rings. The van der Waals surface area contributed by atoms with Crippen molar-refractivity contribution >= 4 is 17.2 Å². The molecule has 0 aliphatic heterocycles. The van der Waals surface area contributed by atoms with Gasteiger partial charge >= 0.3 is 12.1 Å². The third-order valence-electron chi connectivity index (χ3n) is 5.00. The molecule has 0 unspecified atom stereocenters. The summed E-state index contributed by atoms with van der Waals surface area (Å²) in [6.45, 7) is 3.85. The number of halogens is 5. The van der Waals surface area contributed by atoms with Crippen LogP contribution in [-0.4, -0.2) is 27.6 Å². The molecule has 0 bridgehead atoms. The Balaban J connectivity index is 1.48. The van der Waals surface area contributed by atoms with Crippen molar-refractivity contribution < 1.29 is 31.3 Å². The van der Waals surface area contributed by atoms with Gasteiger partial charge in [0.05, 0.1) is 5.69 Å². The van der Waals surface area contributed by atoms with E-state index < -0.39 is 35.0 Å². The van der Waals surface area contributed by atoms with Gasteiger partial charge in [0.1, 0.15) is 16.6 Å². The van der Waals surface area contributed by atoms with Crippen LogP contribution in [0.5, 0.6) is 0 Å². The standard InChI is InChI=1S/C23H17F5N4O2S/c1-22(2,21-30-17(10-35-21)12-3-5-15(24)6-4-12)11-29-19(33)14-7-13(8-16(25)9-14)18-31-20(34-32-18)23(26,27)28/h3-10H,11H2,1-2H3,(H,29,33). The number of alkyl halides is 3. The number of amides is 1. The van der Waals surface area contributed by atoms with Gasteiger partial charge in [-0.1, -0.05) is 19.0 Å². The molecule has 0 spiro atoms. The minimum absolute atomic E-state index is 0.125. The molecule has 1 amide bonds. The first-order valence-corrected chi connectivity index (χ1v) is 11.0. The molecule has 35 heavy (non-hydrogen) atoms. The molecule has 2 heterocycles. The van der Waals surface area contributed by atoms with E-state index in [1.54, 1.807) is 12.1 Å². The van der Waals surface area contributed by atoms with Gasteiger partial charge in [0.2, 0.25) is 5.82 Å². The lowest BCUT2D eigenvalue weighted by Gasteiger charge is -2.22. The lowest BCUT2D eigenvalue weighted by atomic mass is 9.94. The SMILES string of the molecule is CC(C)(CNC(=O)c1cc(F)cc(-c2noc(C(F)(F)F)n2)c1)c1nc(-c2ccc(F)cc2)cs1.